The zero-order valence-corrected chi connectivity index (χ0v) is 58.6. The summed E-state index contributed by atoms with van der Waals surface area (Å²) in [6.07, 6.45) is -9.13. The van der Waals surface area contributed by atoms with Crippen molar-refractivity contribution in [3.63, 3.8) is 0 Å². The molecule has 0 rings (SSSR count). The number of rotatable bonds is 46. The number of aliphatic hydroxyl groups excluding tert-OH is 9. The largest absolute Gasteiger partial charge is 0.392 e. The molecule has 32 nitrogen and oxygen atoms in total. The van der Waals surface area contributed by atoms with E-state index in [0.717, 1.165) is 39.2 Å². The van der Waals surface area contributed by atoms with Gasteiger partial charge in [0.05, 0.1) is 107 Å². The summed E-state index contributed by atoms with van der Waals surface area (Å²) < 4.78 is 0. The molecular weight excluding hydrogens is 1230 g/mol. The lowest BCUT2D eigenvalue weighted by Crippen LogP contribution is -2.56. The van der Waals surface area contributed by atoms with Gasteiger partial charge < -0.3 is 105 Å². The fourth-order valence-electron chi connectivity index (χ4n) is 9.72. The van der Waals surface area contributed by atoms with Crippen molar-refractivity contribution in [3.05, 3.63) is 0 Å². The minimum Gasteiger partial charge on any atom is -0.392 e. The third-order valence-electron chi connectivity index (χ3n) is 15.1. The Labute approximate surface area is 555 Å². The Hall–Kier alpha value is -6.23. The molecule has 0 aliphatic heterocycles. The molecule has 12 unspecified atom stereocenters. The van der Waals surface area contributed by atoms with E-state index in [9.17, 15) is 98.7 Å². The van der Waals surface area contributed by atoms with Gasteiger partial charge in [-0.1, -0.05) is 20.8 Å². The van der Waals surface area contributed by atoms with E-state index in [-0.39, 0.29) is 32.6 Å². The van der Waals surface area contributed by atoms with Crippen LogP contribution in [0.5, 0.6) is 0 Å². The van der Waals surface area contributed by atoms with Crippen molar-refractivity contribution in [3.8, 4) is 0 Å². The Kier molecular flexibility index (Phi) is 41.5. The molecule has 32 heteroatoms. The standard InChI is InChI=1S/C62H116N12O20/c1-17-40(4)72(37-53(85)64(16)22-44(8)76)61(93)35-70(28-50(14)82)56(88)30-66(24-46(10)78)55(87)33-69(27-49(13)81)59(91)39-74(42(6)19-3)62(94)36-71(29-51(15)83)57(89)31-67(25-47(11)79)54(86)32-68(26-48(12)80)58(90)38-73(41(5)18-2)60(92)34-65(23-45(9)77)52(84)21-63-20-43(7)75/h40-51,63,75-83H,17-39H2,1-16H3. The van der Waals surface area contributed by atoms with E-state index in [1.165, 1.54) is 84.1 Å². The van der Waals surface area contributed by atoms with Gasteiger partial charge in [-0.25, -0.2) is 0 Å². The number of carbonyl (C=O) groups excluding carboxylic acids is 11. The van der Waals surface area contributed by atoms with E-state index in [4.69, 9.17) is 0 Å². The molecule has 11 amide bonds. The smallest absolute Gasteiger partial charge is 0.242 e. The molecular formula is C62H116N12O20. The first-order valence-corrected chi connectivity index (χ1v) is 32.5. The van der Waals surface area contributed by atoms with Crippen molar-refractivity contribution in [2.45, 2.75) is 196 Å². The summed E-state index contributed by atoms with van der Waals surface area (Å²) in [5.41, 5.74) is 0. The topological polar surface area (TPSA) is 418 Å². The first-order chi connectivity index (χ1) is 43.6. The van der Waals surface area contributed by atoms with Gasteiger partial charge in [0.25, 0.3) is 0 Å². The Morgan fingerprint density at radius 3 is 0.660 bits per heavy atom. The quantitative estimate of drug-likeness (QED) is 0.0273. The Bertz CT molecular complexity index is 2380. The maximum Gasteiger partial charge on any atom is 0.242 e. The fraction of sp³-hybridized carbons (Fsp3) is 0.823. The number of hydrogen-bond acceptors (Lipinski definition) is 21. The van der Waals surface area contributed by atoms with Crippen LogP contribution in [0.2, 0.25) is 0 Å². The van der Waals surface area contributed by atoms with E-state index in [1.54, 1.807) is 41.5 Å². The second kappa shape index (κ2) is 44.5. The molecule has 0 saturated heterocycles. The van der Waals surface area contributed by atoms with Gasteiger partial charge >= 0.3 is 0 Å². The summed E-state index contributed by atoms with van der Waals surface area (Å²) in [5.74, 6) is -8.55. The average molecular weight is 1350 g/mol. The van der Waals surface area contributed by atoms with Crippen LogP contribution in [-0.4, -0.2) is 376 Å². The van der Waals surface area contributed by atoms with Crippen LogP contribution in [0.15, 0.2) is 0 Å². The molecule has 12 atom stereocenters. The highest BCUT2D eigenvalue weighted by atomic mass is 16.3. The SMILES string of the molecule is CCC(C)N(CC(=O)N(C)CC(C)O)C(=O)CN(CC(C)O)C(=O)CN(CC(C)O)C(=O)CN(CC(C)O)C(=O)CN(C(=O)CN(CC(C)O)C(=O)CN(CC(C)O)C(=O)CN(CC(C)O)C(=O)CN(C(=O)CN(CC(C)O)C(=O)CNCC(C)O)C(C)CC)C(C)CC. The van der Waals surface area contributed by atoms with Crippen LogP contribution in [0.3, 0.4) is 0 Å². The third-order valence-corrected chi connectivity index (χ3v) is 15.1. The van der Waals surface area contributed by atoms with Crippen molar-refractivity contribution in [2.75, 3.05) is 138 Å². The van der Waals surface area contributed by atoms with E-state index in [1.807, 2.05) is 0 Å². The van der Waals surface area contributed by atoms with Crippen molar-refractivity contribution >= 4 is 65.0 Å². The van der Waals surface area contributed by atoms with Gasteiger partial charge in [-0.2, -0.15) is 0 Å². The molecule has 0 aliphatic rings. The highest BCUT2D eigenvalue weighted by Gasteiger charge is 2.36. The minimum atomic E-state index is -1.27. The summed E-state index contributed by atoms with van der Waals surface area (Å²) >= 11 is 0. The maximum atomic E-state index is 14.5. The Morgan fingerprint density at radius 1 is 0.266 bits per heavy atom. The lowest BCUT2D eigenvalue weighted by Gasteiger charge is -2.35. The molecule has 0 fully saturated rings. The van der Waals surface area contributed by atoms with Gasteiger partial charge in [0, 0.05) is 84.1 Å². The van der Waals surface area contributed by atoms with Crippen LogP contribution in [0.4, 0.5) is 0 Å². The molecule has 0 aromatic rings. The summed E-state index contributed by atoms with van der Waals surface area (Å²) in [4.78, 5) is 166. The van der Waals surface area contributed by atoms with Crippen molar-refractivity contribution in [1.29, 1.82) is 0 Å². The van der Waals surface area contributed by atoms with Gasteiger partial charge in [-0.05, 0) is 102 Å². The van der Waals surface area contributed by atoms with Crippen molar-refractivity contribution < 1.29 is 98.7 Å². The lowest BCUT2D eigenvalue weighted by molar-refractivity contribution is -0.151. The lowest BCUT2D eigenvalue weighted by atomic mass is 10.2. The number of carbonyl (C=O) groups is 11. The van der Waals surface area contributed by atoms with Crippen LogP contribution in [0, 0.1) is 0 Å². The molecule has 10 N–H and O–H groups in total. The highest BCUT2D eigenvalue weighted by Crippen LogP contribution is 2.14. The number of nitrogens with one attached hydrogen (secondary N) is 1. The zero-order valence-electron chi connectivity index (χ0n) is 58.6. The van der Waals surface area contributed by atoms with Gasteiger partial charge in [-0.3, -0.25) is 52.7 Å². The summed E-state index contributed by atoms with van der Waals surface area (Å²) in [5, 5.41) is 95.9. The number of amides is 11. The normalized spacial score (nSPS) is 15.2. The van der Waals surface area contributed by atoms with Gasteiger partial charge in [0.1, 0.15) is 19.6 Å². The number of likely N-dealkylation sites (N-methyl/N-ethyl adjacent to an activating group) is 1. The van der Waals surface area contributed by atoms with Crippen molar-refractivity contribution in [2.24, 2.45) is 0 Å². The maximum absolute atomic E-state index is 14.5. The number of aliphatic hydroxyl groups is 9. The molecule has 0 heterocycles. The van der Waals surface area contributed by atoms with Crippen LogP contribution >= 0.6 is 0 Å². The van der Waals surface area contributed by atoms with Crippen LogP contribution < -0.4 is 5.32 Å². The predicted octanol–water partition coefficient (Wildman–Crippen LogP) is -4.86. The van der Waals surface area contributed by atoms with Gasteiger partial charge in [0.15, 0.2) is 0 Å². The molecule has 0 saturated carbocycles. The van der Waals surface area contributed by atoms with E-state index >= 15 is 0 Å². The molecule has 0 aromatic carbocycles. The third kappa shape index (κ3) is 34.4. The monoisotopic (exact) mass is 1350 g/mol. The minimum absolute atomic E-state index is 0.00868. The molecule has 0 aromatic heterocycles. The molecule has 544 valence electrons. The van der Waals surface area contributed by atoms with Gasteiger partial charge in [0.2, 0.25) is 65.0 Å². The van der Waals surface area contributed by atoms with Crippen LogP contribution in [-0.2, 0) is 52.7 Å². The van der Waals surface area contributed by atoms with E-state index in [0.29, 0.717) is 12.8 Å². The second-order valence-corrected chi connectivity index (χ2v) is 25.3. The number of nitrogens with zero attached hydrogens (tertiary/aromatic N) is 11. The van der Waals surface area contributed by atoms with Crippen LogP contribution in [0.25, 0.3) is 0 Å². The second-order valence-electron chi connectivity index (χ2n) is 25.3. The molecule has 0 bridgehead atoms. The highest BCUT2D eigenvalue weighted by molar-refractivity contribution is 5.95. The molecule has 0 radical (unpaired) electrons. The number of hydrogen-bond donors (Lipinski definition) is 10. The molecule has 0 aliphatic carbocycles. The predicted molar refractivity (Wildman–Crippen MR) is 346 cm³/mol. The Morgan fingerprint density at radius 2 is 0.457 bits per heavy atom. The van der Waals surface area contributed by atoms with Crippen molar-refractivity contribution in [1.82, 2.24) is 59.2 Å². The molecule has 0 spiro atoms. The average Bonchev–Trinajstić information content (AvgIpc) is 0.918. The first-order valence-electron chi connectivity index (χ1n) is 32.5. The first kappa shape index (κ1) is 87.8. The molecule has 94 heavy (non-hydrogen) atoms. The van der Waals surface area contributed by atoms with Gasteiger partial charge in [-0.15, -0.1) is 0 Å². The Balaban J connectivity index is 6.99. The summed E-state index contributed by atoms with van der Waals surface area (Å²) in [7, 11) is 1.46. The van der Waals surface area contributed by atoms with Crippen LogP contribution in [0.1, 0.15) is 123 Å². The summed E-state index contributed by atoms with van der Waals surface area (Å²) in [6, 6.07) is -1.83. The van der Waals surface area contributed by atoms with E-state index < -0.39 is 243 Å². The van der Waals surface area contributed by atoms with E-state index in [2.05, 4.69) is 5.32 Å². The fourth-order valence-corrected chi connectivity index (χ4v) is 9.72. The zero-order chi connectivity index (χ0) is 72.6. The summed E-state index contributed by atoms with van der Waals surface area (Å²) in [6.45, 7) is 12.5.